The van der Waals surface area contributed by atoms with E-state index in [1.807, 2.05) is 30.3 Å². The van der Waals surface area contributed by atoms with Crippen LogP contribution in [0.1, 0.15) is 116 Å². The Morgan fingerprint density at radius 3 is 2.54 bits per heavy atom. The quantitative estimate of drug-likeness (QED) is 0.275. The van der Waals surface area contributed by atoms with Crippen molar-refractivity contribution in [1.29, 1.82) is 0 Å². The number of fused-ring (bicyclic) bond motifs is 4. The molecule has 1 aromatic rings. The summed E-state index contributed by atoms with van der Waals surface area (Å²) in [5.41, 5.74) is 1.36. The minimum absolute atomic E-state index is 0.0151. The minimum atomic E-state index is -0.176. The molecule has 0 amide bonds. The van der Waals surface area contributed by atoms with Gasteiger partial charge in [0.15, 0.2) is 0 Å². The Labute approximate surface area is 225 Å². The van der Waals surface area contributed by atoms with Crippen LogP contribution in [-0.4, -0.2) is 23.8 Å². The molecule has 0 radical (unpaired) electrons. The molecule has 1 heterocycles. The lowest BCUT2D eigenvalue weighted by Gasteiger charge is -2.59. The Morgan fingerprint density at radius 2 is 1.78 bits per heavy atom. The fraction of sp³-hybridized carbons (Fsp3) is 0.794. The van der Waals surface area contributed by atoms with Crippen LogP contribution < -0.4 is 0 Å². The zero-order valence-corrected chi connectivity index (χ0v) is 24.0. The summed E-state index contributed by atoms with van der Waals surface area (Å²) in [7, 11) is 0. The molecule has 3 heteroatoms. The molecule has 1 saturated heterocycles. The number of epoxide rings is 1. The average Bonchev–Trinajstić information content (AvgIpc) is 3.45. The molecule has 4 aliphatic carbocycles. The van der Waals surface area contributed by atoms with E-state index < -0.39 is 0 Å². The van der Waals surface area contributed by atoms with Crippen molar-refractivity contribution in [3.8, 4) is 0 Å². The van der Waals surface area contributed by atoms with Gasteiger partial charge in [0.1, 0.15) is 11.7 Å². The fourth-order valence-corrected chi connectivity index (χ4v) is 10.6. The molecule has 5 fully saturated rings. The molecule has 204 valence electrons. The largest absolute Gasteiger partial charge is 0.459 e. The molecular formula is C34H50O3. The Kier molecular flexibility index (Phi) is 6.57. The van der Waals surface area contributed by atoms with Crippen molar-refractivity contribution in [3.05, 3.63) is 35.9 Å². The molecule has 6 rings (SSSR count). The number of benzene rings is 1. The second-order valence-corrected chi connectivity index (χ2v) is 14.7. The lowest BCUT2D eigenvalue weighted by Crippen LogP contribution is -2.59. The van der Waals surface area contributed by atoms with Gasteiger partial charge in [-0.3, -0.25) is 0 Å². The normalized spacial score (nSPS) is 44.8. The number of rotatable bonds is 7. The molecule has 3 nitrogen and oxygen atoms in total. The topological polar surface area (TPSA) is 38.8 Å². The predicted octanol–water partition coefficient (Wildman–Crippen LogP) is 8.46. The van der Waals surface area contributed by atoms with Gasteiger partial charge in [-0.2, -0.15) is 0 Å². The first-order valence-corrected chi connectivity index (χ1v) is 15.6. The monoisotopic (exact) mass is 506 g/mol. The third-order valence-corrected chi connectivity index (χ3v) is 12.5. The van der Waals surface area contributed by atoms with E-state index in [4.69, 9.17) is 9.47 Å². The van der Waals surface area contributed by atoms with Gasteiger partial charge in [-0.15, -0.1) is 0 Å². The maximum Gasteiger partial charge on any atom is 0.338 e. The summed E-state index contributed by atoms with van der Waals surface area (Å²) >= 11 is 0. The van der Waals surface area contributed by atoms with Crippen LogP contribution in [0.2, 0.25) is 0 Å². The second kappa shape index (κ2) is 9.39. The molecule has 1 spiro atoms. The molecule has 10 atom stereocenters. The Morgan fingerprint density at radius 1 is 1.00 bits per heavy atom. The first-order valence-electron chi connectivity index (χ1n) is 15.6. The molecule has 0 aromatic heterocycles. The van der Waals surface area contributed by atoms with E-state index >= 15 is 0 Å². The van der Waals surface area contributed by atoms with Crippen LogP contribution in [0.3, 0.4) is 0 Å². The average molecular weight is 507 g/mol. The summed E-state index contributed by atoms with van der Waals surface area (Å²) in [6.45, 7) is 12.5. The van der Waals surface area contributed by atoms with Crippen LogP contribution in [0.5, 0.6) is 0 Å². The van der Waals surface area contributed by atoms with Crippen LogP contribution in [0, 0.1) is 46.3 Å². The van der Waals surface area contributed by atoms with Gasteiger partial charge in [-0.1, -0.05) is 72.1 Å². The summed E-state index contributed by atoms with van der Waals surface area (Å²) in [6, 6.07) is 9.47. The van der Waals surface area contributed by atoms with E-state index in [9.17, 15) is 4.79 Å². The maximum absolute atomic E-state index is 12.8. The highest BCUT2D eigenvalue weighted by Crippen LogP contribution is 2.74. The van der Waals surface area contributed by atoms with Gasteiger partial charge in [-0.25, -0.2) is 4.79 Å². The Balaban J connectivity index is 1.14. The lowest BCUT2D eigenvalue weighted by atomic mass is 9.44. The van der Waals surface area contributed by atoms with E-state index in [-0.39, 0.29) is 23.1 Å². The highest BCUT2D eigenvalue weighted by atomic mass is 16.6. The number of ether oxygens (including phenoxy) is 2. The van der Waals surface area contributed by atoms with E-state index in [1.165, 1.54) is 51.4 Å². The molecule has 0 bridgehead atoms. The van der Waals surface area contributed by atoms with Crippen molar-refractivity contribution in [2.24, 2.45) is 46.3 Å². The Bertz CT molecular complexity index is 988. The van der Waals surface area contributed by atoms with Crippen molar-refractivity contribution < 1.29 is 14.3 Å². The summed E-state index contributed by atoms with van der Waals surface area (Å²) in [6.07, 6.45) is 14.5. The summed E-state index contributed by atoms with van der Waals surface area (Å²) in [4.78, 5) is 12.8. The molecular weight excluding hydrogens is 456 g/mol. The van der Waals surface area contributed by atoms with Crippen LogP contribution in [0.4, 0.5) is 0 Å². The highest BCUT2D eigenvalue weighted by Gasteiger charge is 2.76. The van der Waals surface area contributed by atoms with Crippen LogP contribution in [0.25, 0.3) is 0 Å². The molecule has 0 unspecified atom stereocenters. The Hall–Kier alpha value is -1.35. The van der Waals surface area contributed by atoms with Crippen LogP contribution in [0.15, 0.2) is 30.3 Å². The SMILES string of the molecule is CC(C)CCC[C@@H](C)[C@@H]1CC[C@@H]2[C@H]3C[C@@H]4O[C@@]45C[C@@H](OC(=O)c4ccccc4)CC[C@]5(C)[C@@H]3CC[C@]21C. The van der Waals surface area contributed by atoms with Gasteiger partial charge < -0.3 is 9.47 Å². The summed E-state index contributed by atoms with van der Waals surface area (Å²) < 4.78 is 12.8. The highest BCUT2D eigenvalue weighted by molar-refractivity contribution is 5.89. The summed E-state index contributed by atoms with van der Waals surface area (Å²) in [5, 5.41) is 0. The minimum Gasteiger partial charge on any atom is -0.459 e. The second-order valence-electron chi connectivity index (χ2n) is 14.7. The third-order valence-electron chi connectivity index (χ3n) is 12.5. The van der Waals surface area contributed by atoms with E-state index in [0.717, 1.165) is 54.8 Å². The van der Waals surface area contributed by atoms with Crippen molar-refractivity contribution in [2.45, 2.75) is 123 Å². The number of hydrogen-bond acceptors (Lipinski definition) is 3. The molecule has 1 aliphatic heterocycles. The standard InChI is InChI=1S/C34H50O3/c1-22(2)10-9-11-23(3)27-14-15-28-26-20-30-34(37-30)21-25(36-31(35)24-12-7-6-8-13-24)16-19-33(34,5)29(26)17-18-32(27,28)4/h6-8,12-13,22-23,25-30H,9-11,14-21H2,1-5H3/t23-,25+,26-,27+,28-,29-,30+,32+,33-,34+/m1/s1. The number of hydrogen-bond donors (Lipinski definition) is 0. The smallest absolute Gasteiger partial charge is 0.338 e. The van der Waals surface area contributed by atoms with Crippen molar-refractivity contribution in [3.63, 3.8) is 0 Å². The molecule has 1 aromatic carbocycles. The zero-order valence-electron chi connectivity index (χ0n) is 24.0. The number of carbonyl (C=O) groups excluding carboxylic acids is 1. The predicted molar refractivity (Wildman–Crippen MR) is 148 cm³/mol. The molecule has 37 heavy (non-hydrogen) atoms. The zero-order chi connectivity index (χ0) is 26.0. The van der Waals surface area contributed by atoms with Gasteiger partial charge in [0.2, 0.25) is 0 Å². The van der Waals surface area contributed by atoms with Crippen molar-refractivity contribution >= 4 is 5.97 Å². The third kappa shape index (κ3) is 4.12. The number of carbonyl (C=O) groups is 1. The lowest BCUT2D eigenvalue weighted by molar-refractivity contribution is -0.118. The van der Waals surface area contributed by atoms with Crippen molar-refractivity contribution in [1.82, 2.24) is 0 Å². The fourth-order valence-electron chi connectivity index (χ4n) is 10.6. The van der Waals surface area contributed by atoms with E-state index in [2.05, 4.69) is 34.6 Å². The first-order chi connectivity index (χ1) is 17.7. The van der Waals surface area contributed by atoms with Crippen molar-refractivity contribution in [2.75, 3.05) is 0 Å². The van der Waals surface area contributed by atoms with Gasteiger partial charge in [-0.05, 0) is 98.0 Å². The van der Waals surface area contributed by atoms with Gasteiger partial charge >= 0.3 is 5.97 Å². The first kappa shape index (κ1) is 25.9. The van der Waals surface area contributed by atoms with Crippen LogP contribution in [-0.2, 0) is 9.47 Å². The summed E-state index contributed by atoms with van der Waals surface area (Å²) in [5.74, 6) is 4.87. The maximum atomic E-state index is 12.8. The molecule has 5 aliphatic rings. The van der Waals surface area contributed by atoms with Crippen LogP contribution >= 0.6 is 0 Å². The molecule has 4 saturated carbocycles. The van der Waals surface area contributed by atoms with Gasteiger partial charge in [0, 0.05) is 11.8 Å². The number of esters is 1. The molecule has 0 N–H and O–H groups in total. The van der Waals surface area contributed by atoms with Gasteiger partial charge in [0.05, 0.1) is 11.7 Å². The van der Waals surface area contributed by atoms with E-state index in [0.29, 0.717) is 17.1 Å². The van der Waals surface area contributed by atoms with Gasteiger partial charge in [0.25, 0.3) is 0 Å². The van der Waals surface area contributed by atoms with E-state index in [1.54, 1.807) is 0 Å².